The van der Waals surface area contributed by atoms with E-state index in [4.69, 9.17) is 0 Å². The number of esters is 1. The fraction of sp³-hybridized carbons (Fsp3) is 0.273. The third kappa shape index (κ3) is 3.01. The molecule has 0 radical (unpaired) electrons. The molecule has 0 aliphatic rings. The first kappa shape index (κ1) is 12.4. The lowest BCUT2D eigenvalue weighted by Gasteiger charge is -2.06. The molecule has 0 amide bonds. The molecule has 0 atom stereocenters. The first-order valence-corrected chi connectivity index (χ1v) is 6.12. The Balaban J connectivity index is 2.12. The minimum absolute atomic E-state index is 0.0595. The number of thiazole rings is 1. The Morgan fingerprint density at radius 2 is 2.33 bits per heavy atom. The summed E-state index contributed by atoms with van der Waals surface area (Å²) in [5.41, 5.74) is 2.47. The molecule has 7 heteroatoms. The largest absolute Gasteiger partial charge is 0.463 e. The summed E-state index contributed by atoms with van der Waals surface area (Å²) in [5.74, 6) is 0.111. The molecule has 18 heavy (non-hydrogen) atoms. The van der Waals surface area contributed by atoms with Crippen molar-refractivity contribution in [3.63, 3.8) is 0 Å². The molecule has 0 aliphatic carbocycles. The van der Waals surface area contributed by atoms with E-state index in [2.05, 4.69) is 25.0 Å². The minimum atomic E-state index is -0.542. The Bertz CT molecular complexity index is 542. The molecular formula is C11H12N4O2S. The van der Waals surface area contributed by atoms with Crippen LogP contribution in [0.2, 0.25) is 0 Å². The average molecular weight is 264 g/mol. The van der Waals surface area contributed by atoms with Crippen molar-refractivity contribution in [3.05, 3.63) is 34.2 Å². The zero-order valence-electron chi connectivity index (χ0n) is 10.0. The third-order valence-electron chi connectivity index (χ3n) is 2.15. The van der Waals surface area contributed by atoms with E-state index in [0.717, 1.165) is 4.88 Å². The molecule has 2 rings (SSSR count). The van der Waals surface area contributed by atoms with Gasteiger partial charge in [0.15, 0.2) is 0 Å². The van der Waals surface area contributed by atoms with Crippen LogP contribution in [-0.2, 0) is 11.3 Å². The lowest BCUT2D eigenvalue weighted by atomic mass is 10.4. The molecule has 94 valence electrons. The molecule has 0 saturated carbocycles. The summed E-state index contributed by atoms with van der Waals surface area (Å²) in [7, 11) is 1.30. The molecule has 2 aromatic heterocycles. The highest BCUT2D eigenvalue weighted by Crippen LogP contribution is 2.11. The van der Waals surface area contributed by atoms with Crippen LogP contribution in [0.1, 0.15) is 21.2 Å². The maximum absolute atomic E-state index is 11.4. The van der Waals surface area contributed by atoms with E-state index in [1.807, 2.05) is 0 Å². The van der Waals surface area contributed by atoms with Crippen LogP contribution in [-0.4, -0.2) is 28.0 Å². The monoisotopic (exact) mass is 264 g/mol. The third-order valence-corrected chi connectivity index (χ3v) is 2.93. The summed E-state index contributed by atoms with van der Waals surface area (Å²) in [4.78, 5) is 24.5. The summed E-state index contributed by atoms with van der Waals surface area (Å²) in [6, 6.07) is 1.77. The summed E-state index contributed by atoms with van der Waals surface area (Å²) >= 11 is 1.55. The van der Waals surface area contributed by atoms with Gasteiger partial charge < -0.3 is 10.1 Å². The normalized spacial score (nSPS) is 10.1. The van der Waals surface area contributed by atoms with Crippen LogP contribution in [0, 0.1) is 6.92 Å². The van der Waals surface area contributed by atoms with Gasteiger partial charge in [0, 0.05) is 22.8 Å². The Morgan fingerprint density at radius 3 is 3.00 bits per heavy atom. The minimum Gasteiger partial charge on any atom is -0.463 e. The highest BCUT2D eigenvalue weighted by molar-refractivity contribution is 7.09. The van der Waals surface area contributed by atoms with Crippen LogP contribution >= 0.6 is 11.3 Å². The van der Waals surface area contributed by atoms with Gasteiger partial charge in [-0.1, -0.05) is 0 Å². The van der Waals surface area contributed by atoms with Gasteiger partial charge in [-0.3, -0.25) is 4.98 Å². The lowest BCUT2D eigenvalue weighted by molar-refractivity contribution is 0.0586. The summed E-state index contributed by atoms with van der Waals surface area (Å²) in [5, 5.41) is 3.12. The molecule has 0 fully saturated rings. The fourth-order valence-electron chi connectivity index (χ4n) is 1.35. The first-order chi connectivity index (χ1) is 8.69. The standard InChI is InChI=1S/C11H12N4O2S/c1-7-3-9(13-5-8-4-12-6-18-8)15-10(14-7)11(16)17-2/h3-4,6H,5H2,1-2H3,(H,13,14,15). The average Bonchev–Trinajstić information content (AvgIpc) is 2.88. The second kappa shape index (κ2) is 5.54. The molecule has 0 saturated heterocycles. The van der Waals surface area contributed by atoms with E-state index >= 15 is 0 Å². The smallest absolute Gasteiger partial charge is 0.376 e. The van der Waals surface area contributed by atoms with Crippen LogP contribution < -0.4 is 5.32 Å². The van der Waals surface area contributed by atoms with Crippen LogP contribution in [0.15, 0.2) is 17.8 Å². The molecule has 2 aromatic rings. The maximum Gasteiger partial charge on any atom is 0.376 e. The van der Waals surface area contributed by atoms with Crippen LogP contribution in [0.3, 0.4) is 0 Å². The van der Waals surface area contributed by atoms with Crippen LogP contribution in [0.5, 0.6) is 0 Å². The van der Waals surface area contributed by atoms with Crippen molar-refractivity contribution in [2.24, 2.45) is 0 Å². The van der Waals surface area contributed by atoms with E-state index in [-0.39, 0.29) is 5.82 Å². The Morgan fingerprint density at radius 1 is 1.50 bits per heavy atom. The van der Waals surface area contributed by atoms with Crippen LogP contribution in [0.25, 0.3) is 0 Å². The Labute approximate surface area is 108 Å². The van der Waals surface area contributed by atoms with E-state index in [1.165, 1.54) is 7.11 Å². The number of aromatic nitrogens is 3. The molecule has 0 unspecified atom stereocenters. The first-order valence-electron chi connectivity index (χ1n) is 5.24. The number of rotatable bonds is 4. The highest BCUT2D eigenvalue weighted by Gasteiger charge is 2.11. The second-order valence-corrected chi connectivity index (χ2v) is 4.50. The number of aryl methyl sites for hydroxylation is 1. The van der Waals surface area contributed by atoms with Gasteiger partial charge in [0.1, 0.15) is 5.82 Å². The lowest BCUT2D eigenvalue weighted by Crippen LogP contribution is -2.11. The van der Waals surface area contributed by atoms with Gasteiger partial charge in [-0.25, -0.2) is 14.8 Å². The molecule has 0 bridgehead atoms. The number of nitrogens with one attached hydrogen (secondary N) is 1. The molecule has 1 N–H and O–H groups in total. The molecule has 6 nitrogen and oxygen atoms in total. The number of hydrogen-bond acceptors (Lipinski definition) is 7. The zero-order valence-corrected chi connectivity index (χ0v) is 10.8. The number of anilines is 1. The number of nitrogens with zero attached hydrogens (tertiary/aromatic N) is 3. The van der Waals surface area contributed by atoms with Gasteiger partial charge in [-0.15, -0.1) is 11.3 Å². The molecule has 0 aromatic carbocycles. The Hall–Kier alpha value is -2.02. The van der Waals surface area contributed by atoms with E-state index in [9.17, 15) is 4.79 Å². The summed E-state index contributed by atoms with van der Waals surface area (Å²) < 4.78 is 4.60. The molecule has 0 aliphatic heterocycles. The van der Waals surface area contributed by atoms with Crippen LogP contribution in [0.4, 0.5) is 5.82 Å². The SMILES string of the molecule is COC(=O)c1nc(C)cc(NCc2cncs2)n1. The van der Waals surface area contributed by atoms with Gasteiger partial charge in [-0.05, 0) is 6.92 Å². The van der Waals surface area contributed by atoms with E-state index in [1.54, 1.807) is 36.0 Å². The summed E-state index contributed by atoms with van der Waals surface area (Å²) in [6.45, 7) is 2.41. The highest BCUT2D eigenvalue weighted by atomic mass is 32.1. The quantitative estimate of drug-likeness (QED) is 0.846. The van der Waals surface area contributed by atoms with Gasteiger partial charge in [0.25, 0.3) is 0 Å². The summed E-state index contributed by atoms with van der Waals surface area (Å²) in [6.07, 6.45) is 1.78. The number of carbonyl (C=O) groups is 1. The van der Waals surface area contributed by atoms with E-state index < -0.39 is 5.97 Å². The molecule has 2 heterocycles. The van der Waals surface area contributed by atoms with Gasteiger partial charge in [0.05, 0.1) is 19.2 Å². The van der Waals surface area contributed by atoms with Gasteiger partial charge in [-0.2, -0.15) is 0 Å². The maximum atomic E-state index is 11.4. The fourth-order valence-corrected chi connectivity index (χ4v) is 1.88. The predicted molar refractivity (Wildman–Crippen MR) is 67.5 cm³/mol. The topological polar surface area (TPSA) is 77.0 Å². The van der Waals surface area contributed by atoms with Crippen molar-refractivity contribution in [1.29, 1.82) is 0 Å². The van der Waals surface area contributed by atoms with E-state index in [0.29, 0.717) is 18.1 Å². The number of hydrogen-bond donors (Lipinski definition) is 1. The molecular weight excluding hydrogens is 252 g/mol. The number of methoxy groups -OCH3 is 1. The van der Waals surface area contributed by atoms with Crippen molar-refractivity contribution in [3.8, 4) is 0 Å². The zero-order chi connectivity index (χ0) is 13.0. The van der Waals surface area contributed by atoms with Crippen molar-refractivity contribution < 1.29 is 9.53 Å². The van der Waals surface area contributed by atoms with Crippen molar-refractivity contribution in [1.82, 2.24) is 15.0 Å². The number of ether oxygens (including phenoxy) is 1. The van der Waals surface area contributed by atoms with Crippen molar-refractivity contribution >= 4 is 23.1 Å². The number of carbonyl (C=O) groups excluding carboxylic acids is 1. The predicted octanol–water partition coefficient (Wildman–Crippen LogP) is 1.64. The van der Waals surface area contributed by atoms with Gasteiger partial charge >= 0.3 is 5.97 Å². The van der Waals surface area contributed by atoms with Crippen molar-refractivity contribution in [2.45, 2.75) is 13.5 Å². The molecule has 0 spiro atoms. The van der Waals surface area contributed by atoms with Gasteiger partial charge in [0.2, 0.25) is 5.82 Å². The second-order valence-electron chi connectivity index (χ2n) is 3.53. The Kier molecular flexibility index (Phi) is 3.83. The van der Waals surface area contributed by atoms with Crippen molar-refractivity contribution in [2.75, 3.05) is 12.4 Å².